The van der Waals surface area contributed by atoms with Gasteiger partial charge in [0.2, 0.25) is 0 Å². The van der Waals surface area contributed by atoms with Crippen LogP contribution < -0.4 is 4.74 Å². The van der Waals surface area contributed by atoms with Crippen molar-refractivity contribution < 1.29 is 4.74 Å². The molecule has 0 N–H and O–H groups in total. The topological polar surface area (TPSA) is 9.23 Å². The molecule has 1 saturated carbocycles. The smallest absolute Gasteiger partial charge is 0.119 e. The first-order chi connectivity index (χ1) is 15.5. The van der Waals surface area contributed by atoms with Crippen LogP contribution in [0.5, 0.6) is 5.75 Å². The molecule has 0 heterocycles. The van der Waals surface area contributed by atoms with Gasteiger partial charge in [0, 0.05) is 10.6 Å². The number of hydrogen-bond donors (Lipinski definition) is 0. The second-order valence-corrected chi connectivity index (χ2v) is 10.0. The molecular weight excluding hydrogens is 412 g/mol. The van der Waals surface area contributed by atoms with Gasteiger partial charge in [0.25, 0.3) is 0 Å². The first kappa shape index (κ1) is 22.9. The van der Waals surface area contributed by atoms with Crippen LogP contribution >= 0.6 is 11.6 Å². The molecule has 0 unspecified atom stereocenters. The number of benzene rings is 3. The molecule has 0 amide bonds. The summed E-state index contributed by atoms with van der Waals surface area (Å²) in [6.45, 7) is 7.53. The summed E-state index contributed by atoms with van der Waals surface area (Å²) >= 11 is 6.71. The van der Waals surface area contributed by atoms with E-state index in [1.165, 1.54) is 36.8 Å². The summed E-state index contributed by atoms with van der Waals surface area (Å²) in [4.78, 5) is 0. The Bertz CT molecular complexity index is 998. The van der Waals surface area contributed by atoms with Gasteiger partial charge in [-0.3, -0.25) is 0 Å². The van der Waals surface area contributed by atoms with Gasteiger partial charge in [0.05, 0.1) is 6.61 Å². The number of rotatable bonds is 7. The maximum Gasteiger partial charge on any atom is 0.119 e. The third kappa shape index (κ3) is 5.56. The zero-order valence-electron chi connectivity index (χ0n) is 19.6. The Kier molecular flexibility index (Phi) is 7.58. The molecule has 1 aliphatic rings. The van der Waals surface area contributed by atoms with Gasteiger partial charge in [-0.1, -0.05) is 100 Å². The maximum absolute atomic E-state index is 6.71. The average molecular weight is 447 g/mol. The molecule has 3 aromatic rings. The van der Waals surface area contributed by atoms with Gasteiger partial charge < -0.3 is 4.74 Å². The lowest BCUT2D eigenvalue weighted by Gasteiger charge is -2.26. The average Bonchev–Trinajstić information content (AvgIpc) is 2.83. The standard InChI is InChI=1S/C30H35ClO/c1-4-21(2)20-32-28-16-13-26(14-17-28)29-18-15-27(19-30(29)31)25-11-9-24(10-12-25)23-7-5-22(3)6-8-23/h9-19,21-23H,4-8,20H2,1-3H3/t21-,22?,23?/m1/s1. The van der Waals surface area contributed by atoms with Gasteiger partial charge in [-0.15, -0.1) is 0 Å². The molecule has 1 aliphatic carbocycles. The van der Waals surface area contributed by atoms with Crippen molar-refractivity contribution in [3.8, 4) is 28.0 Å². The molecule has 0 bridgehead atoms. The summed E-state index contributed by atoms with van der Waals surface area (Å²) in [6.07, 6.45) is 6.48. The van der Waals surface area contributed by atoms with E-state index in [9.17, 15) is 0 Å². The van der Waals surface area contributed by atoms with Crippen molar-refractivity contribution in [2.75, 3.05) is 6.61 Å². The Morgan fingerprint density at radius 3 is 2.09 bits per heavy atom. The van der Waals surface area contributed by atoms with Crippen LogP contribution in [0.25, 0.3) is 22.3 Å². The molecule has 1 nitrogen and oxygen atoms in total. The molecule has 3 aromatic carbocycles. The predicted octanol–water partition coefficient (Wildman–Crippen LogP) is 9.39. The molecule has 2 heteroatoms. The van der Waals surface area contributed by atoms with E-state index in [1.54, 1.807) is 0 Å². The van der Waals surface area contributed by atoms with Crippen molar-refractivity contribution in [2.24, 2.45) is 11.8 Å². The molecule has 0 spiro atoms. The summed E-state index contributed by atoms with van der Waals surface area (Å²) in [6, 6.07) is 23.8. The van der Waals surface area contributed by atoms with E-state index in [0.717, 1.165) is 52.3 Å². The first-order valence-electron chi connectivity index (χ1n) is 12.2. The fraction of sp³-hybridized carbons (Fsp3) is 0.400. The number of halogens is 1. The minimum Gasteiger partial charge on any atom is -0.493 e. The van der Waals surface area contributed by atoms with Crippen molar-refractivity contribution in [1.82, 2.24) is 0 Å². The highest BCUT2D eigenvalue weighted by Gasteiger charge is 2.19. The lowest BCUT2D eigenvalue weighted by atomic mass is 9.79. The Hall–Kier alpha value is -2.25. The van der Waals surface area contributed by atoms with E-state index in [2.05, 4.69) is 75.4 Å². The monoisotopic (exact) mass is 446 g/mol. The highest BCUT2D eigenvalue weighted by atomic mass is 35.5. The Labute approximate surface area is 198 Å². The lowest BCUT2D eigenvalue weighted by molar-refractivity contribution is 0.256. The van der Waals surface area contributed by atoms with Crippen molar-refractivity contribution in [2.45, 2.75) is 58.8 Å². The molecule has 0 aromatic heterocycles. The van der Waals surface area contributed by atoms with Gasteiger partial charge in [-0.25, -0.2) is 0 Å². The van der Waals surface area contributed by atoms with Crippen LogP contribution in [0.1, 0.15) is 64.4 Å². The van der Waals surface area contributed by atoms with Crippen LogP contribution in [0.4, 0.5) is 0 Å². The minimum absolute atomic E-state index is 0.567. The second-order valence-electron chi connectivity index (χ2n) is 9.62. The Morgan fingerprint density at radius 1 is 0.844 bits per heavy atom. The van der Waals surface area contributed by atoms with E-state index in [4.69, 9.17) is 16.3 Å². The predicted molar refractivity (Wildman–Crippen MR) is 138 cm³/mol. The summed E-state index contributed by atoms with van der Waals surface area (Å²) < 4.78 is 5.88. The Balaban J connectivity index is 1.45. The molecule has 1 fully saturated rings. The van der Waals surface area contributed by atoms with E-state index in [-0.39, 0.29) is 0 Å². The van der Waals surface area contributed by atoms with E-state index >= 15 is 0 Å². The van der Waals surface area contributed by atoms with Gasteiger partial charge in [0.15, 0.2) is 0 Å². The van der Waals surface area contributed by atoms with E-state index in [0.29, 0.717) is 5.92 Å². The third-order valence-electron chi connectivity index (χ3n) is 7.10. The summed E-state index contributed by atoms with van der Waals surface area (Å²) in [5, 5.41) is 0.779. The van der Waals surface area contributed by atoms with Crippen LogP contribution in [0.3, 0.4) is 0 Å². The SMILES string of the molecule is CC[C@@H](C)COc1ccc(-c2ccc(-c3ccc(C4CCC(C)CC4)cc3)cc2Cl)cc1. The van der Waals surface area contributed by atoms with Crippen LogP contribution in [0, 0.1) is 11.8 Å². The molecule has 168 valence electrons. The molecule has 0 saturated heterocycles. The molecule has 1 atom stereocenters. The highest BCUT2D eigenvalue weighted by molar-refractivity contribution is 6.33. The molecule has 4 rings (SSSR count). The maximum atomic E-state index is 6.71. The molecule has 0 aliphatic heterocycles. The van der Waals surface area contributed by atoms with Gasteiger partial charge >= 0.3 is 0 Å². The van der Waals surface area contributed by atoms with Gasteiger partial charge in [-0.2, -0.15) is 0 Å². The largest absolute Gasteiger partial charge is 0.493 e. The van der Waals surface area contributed by atoms with Gasteiger partial charge in [-0.05, 0) is 71.0 Å². The molecular formula is C30H35ClO. The van der Waals surface area contributed by atoms with Crippen LogP contribution in [0.2, 0.25) is 5.02 Å². The fourth-order valence-corrected chi connectivity index (χ4v) is 4.85. The van der Waals surface area contributed by atoms with E-state index in [1.807, 2.05) is 12.1 Å². The van der Waals surface area contributed by atoms with Crippen LogP contribution in [0.15, 0.2) is 66.7 Å². The fourth-order valence-electron chi connectivity index (χ4n) is 4.56. The zero-order valence-corrected chi connectivity index (χ0v) is 20.4. The minimum atomic E-state index is 0.567. The quantitative estimate of drug-likeness (QED) is 0.351. The van der Waals surface area contributed by atoms with Crippen LogP contribution in [-0.4, -0.2) is 6.61 Å². The highest BCUT2D eigenvalue weighted by Crippen LogP contribution is 2.37. The number of ether oxygens (including phenoxy) is 1. The molecule has 0 radical (unpaired) electrons. The first-order valence-corrected chi connectivity index (χ1v) is 12.5. The van der Waals surface area contributed by atoms with Crippen molar-refractivity contribution in [1.29, 1.82) is 0 Å². The summed E-state index contributed by atoms with van der Waals surface area (Å²) in [5.41, 5.74) is 6.03. The zero-order chi connectivity index (χ0) is 22.5. The third-order valence-corrected chi connectivity index (χ3v) is 7.41. The normalized spacial score (nSPS) is 19.5. The lowest BCUT2D eigenvalue weighted by Crippen LogP contribution is -2.10. The van der Waals surface area contributed by atoms with Gasteiger partial charge in [0.1, 0.15) is 5.75 Å². The summed E-state index contributed by atoms with van der Waals surface area (Å²) in [5.74, 6) is 3.09. The summed E-state index contributed by atoms with van der Waals surface area (Å²) in [7, 11) is 0. The van der Waals surface area contributed by atoms with Crippen molar-refractivity contribution in [3.63, 3.8) is 0 Å². The number of hydrogen-bond acceptors (Lipinski definition) is 1. The van der Waals surface area contributed by atoms with Crippen LogP contribution in [-0.2, 0) is 0 Å². The van der Waals surface area contributed by atoms with E-state index < -0.39 is 0 Å². The Morgan fingerprint density at radius 2 is 1.47 bits per heavy atom. The van der Waals surface area contributed by atoms with Crippen molar-refractivity contribution >= 4 is 11.6 Å². The van der Waals surface area contributed by atoms with Crippen molar-refractivity contribution in [3.05, 3.63) is 77.3 Å². The second kappa shape index (κ2) is 10.6. The molecule has 32 heavy (non-hydrogen) atoms.